The molecule has 3 aromatic carbocycles. The minimum Gasteiger partial charge on any atom is -0.464 e. The van der Waals surface area contributed by atoms with E-state index in [4.69, 9.17) is 14.5 Å². The standard InChI is InChI=1S/C24H17BrN2O3S/c25-17-11-12-19-18(13-17)26-23(31-19)21-20(24(28)29-14-15-7-3-1-4-8-15)27-22(30-21)16-9-5-2-6-10-16/h1-13,20-21H,14H2. The van der Waals surface area contributed by atoms with Gasteiger partial charge >= 0.3 is 5.97 Å². The number of carbonyl (C=O) groups excluding carboxylic acids is 1. The van der Waals surface area contributed by atoms with Crippen molar-refractivity contribution in [2.45, 2.75) is 18.8 Å². The van der Waals surface area contributed by atoms with Crippen LogP contribution in [0.25, 0.3) is 10.2 Å². The van der Waals surface area contributed by atoms with Crippen molar-refractivity contribution in [3.05, 3.63) is 99.5 Å². The van der Waals surface area contributed by atoms with Crippen molar-refractivity contribution in [1.82, 2.24) is 4.98 Å². The summed E-state index contributed by atoms with van der Waals surface area (Å²) in [5.41, 5.74) is 2.58. The number of nitrogens with zero attached hydrogens (tertiary/aromatic N) is 2. The first-order valence-electron chi connectivity index (χ1n) is 9.74. The number of halogens is 1. The van der Waals surface area contributed by atoms with Gasteiger partial charge in [-0.2, -0.15) is 0 Å². The lowest BCUT2D eigenvalue weighted by molar-refractivity contribution is -0.148. The normalized spacial score (nSPS) is 17.9. The zero-order valence-electron chi connectivity index (χ0n) is 16.3. The maximum Gasteiger partial charge on any atom is 0.335 e. The van der Waals surface area contributed by atoms with Crippen LogP contribution in [0.1, 0.15) is 22.2 Å². The molecule has 0 bridgehead atoms. The van der Waals surface area contributed by atoms with Gasteiger partial charge in [-0.05, 0) is 35.9 Å². The predicted octanol–water partition coefficient (Wildman–Crippen LogP) is 5.69. The van der Waals surface area contributed by atoms with Crippen LogP contribution in [0.3, 0.4) is 0 Å². The molecule has 2 atom stereocenters. The maximum atomic E-state index is 13.0. The molecule has 0 saturated heterocycles. The number of aromatic nitrogens is 1. The van der Waals surface area contributed by atoms with Gasteiger partial charge in [-0.15, -0.1) is 11.3 Å². The Morgan fingerprint density at radius 2 is 1.77 bits per heavy atom. The average molecular weight is 493 g/mol. The fourth-order valence-corrected chi connectivity index (χ4v) is 4.71. The number of thiazole rings is 1. The Morgan fingerprint density at radius 3 is 2.55 bits per heavy atom. The van der Waals surface area contributed by atoms with Crippen LogP contribution in [0.5, 0.6) is 0 Å². The van der Waals surface area contributed by atoms with Gasteiger partial charge < -0.3 is 9.47 Å². The van der Waals surface area contributed by atoms with Crippen LogP contribution in [0.2, 0.25) is 0 Å². The Balaban J connectivity index is 1.45. The number of rotatable bonds is 5. The molecule has 0 fully saturated rings. The highest BCUT2D eigenvalue weighted by Crippen LogP contribution is 2.37. The van der Waals surface area contributed by atoms with Crippen LogP contribution in [0.4, 0.5) is 0 Å². The number of benzene rings is 3. The molecule has 0 saturated carbocycles. The van der Waals surface area contributed by atoms with E-state index in [0.717, 1.165) is 25.8 Å². The zero-order chi connectivity index (χ0) is 21.2. The summed E-state index contributed by atoms with van der Waals surface area (Å²) in [7, 11) is 0. The molecule has 0 aliphatic carbocycles. The molecule has 0 amide bonds. The van der Waals surface area contributed by atoms with Crippen molar-refractivity contribution in [2.24, 2.45) is 4.99 Å². The first kappa shape index (κ1) is 19.9. The molecular weight excluding hydrogens is 476 g/mol. The summed E-state index contributed by atoms with van der Waals surface area (Å²) in [6, 6.07) is 24.2. The van der Waals surface area contributed by atoms with Crippen molar-refractivity contribution >= 4 is 49.4 Å². The number of aliphatic imine (C=N–C) groups is 1. The zero-order valence-corrected chi connectivity index (χ0v) is 18.7. The first-order valence-corrected chi connectivity index (χ1v) is 11.3. The second kappa shape index (κ2) is 8.61. The molecule has 154 valence electrons. The molecule has 1 aliphatic heterocycles. The summed E-state index contributed by atoms with van der Waals surface area (Å²) in [5, 5.41) is 0.699. The number of ether oxygens (including phenoxy) is 2. The monoisotopic (exact) mass is 492 g/mol. The van der Waals surface area contributed by atoms with Crippen molar-refractivity contribution in [3.63, 3.8) is 0 Å². The quantitative estimate of drug-likeness (QED) is 0.335. The van der Waals surface area contributed by atoms with Crippen LogP contribution >= 0.6 is 27.3 Å². The smallest absolute Gasteiger partial charge is 0.335 e. The molecule has 2 unspecified atom stereocenters. The molecule has 2 heterocycles. The van der Waals surface area contributed by atoms with E-state index >= 15 is 0 Å². The fraction of sp³-hybridized carbons (Fsp3) is 0.125. The Morgan fingerprint density at radius 1 is 1.03 bits per heavy atom. The lowest BCUT2D eigenvalue weighted by Crippen LogP contribution is -2.26. The molecule has 7 heteroatoms. The SMILES string of the molecule is O=C(OCc1ccccc1)C1N=C(c2ccccc2)OC1c1nc2cc(Br)ccc2s1. The third-order valence-electron chi connectivity index (χ3n) is 4.88. The number of carbonyl (C=O) groups is 1. The summed E-state index contributed by atoms with van der Waals surface area (Å²) in [5.74, 6) is -0.00656. The molecule has 4 aromatic rings. The second-order valence-corrected chi connectivity index (χ2v) is 9.02. The summed E-state index contributed by atoms with van der Waals surface area (Å²) >= 11 is 4.98. The van der Waals surface area contributed by atoms with E-state index in [2.05, 4.69) is 20.9 Å². The van der Waals surface area contributed by atoms with Crippen LogP contribution in [-0.4, -0.2) is 22.9 Å². The molecule has 0 N–H and O–H groups in total. The predicted molar refractivity (Wildman–Crippen MR) is 124 cm³/mol. The molecule has 5 nitrogen and oxygen atoms in total. The van der Waals surface area contributed by atoms with Crippen LogP contribution in [0.15, 0.2) is 88.3 Å². The average Bonchev–Trinajstić information content (AvgIpc) is 3.43. The Labute approximate surface area is 191 Å². The molecule has 1 aliphatic rings. The highest BCUT2D eigenvalue weighted by molar-refractivity contribution is 9.10. The maximum absolute atomic E-state index is 13.0. The lowest BCUT2D eigenvalue weighted by atomic mass is 10.2. The van der Waals surface area contributed by atoms with Gasteiger partial charge in [0, 0.05) is 10.0 Å². The number of hydrogen-bond donors (Lipinski definition) is 0. The van der Waals surface area contributed by atoms with Gasteiger partial charge in [-0.1, -0.05) is 64.5 Å². The minimum absolute atomic E-state index is 0.186. The van der Waals surface area contributed by atoms with Gasteiger partial charge in [0.1, 0.15) is 11.6 Å². The topological polar surface area (TPSA) is 60.8 Å². The van der Waals surface area contributed by atoms with Gasteiger partial charge in [0.15, 0.2) is 12.1 Å². The van der Waals surface area contributed by atoms with Crippen molar-refractivity contribution in [1.29, 1.82) is 0 Å². The molecule has 31 heavy (non-hydrogen) atoms. The van der Waals surface area contributed by atoms with Gasteiger partial charge in [-0.25, -0.2) is 14.8 Å². The summed E-state index contributed by atoms with van der Waals surface area (Å²) in [6.45, 7) is 0.186. The molecular formula is C24H17BrN2O3S. The van der Waals surface area contributed by atoms with E-state index in [1.807, 2.05) is 78.9 Å². The van der Waals surface area contributed by atoms with Crippen LogP contribution in [0, 0.1) is 0 Å². The van der Waals surface area contributed by atoms with E-state index in [9.17, 15) is 4.79 Å². The number of fused-ring (bicyclic) bond motifs is 1. The van der Waals surface area contributed by atoms with Gasteiger partial charge in [0.25, 0.3) is 0 Å². The minimum atomic E-state index is -0.817. The van der Waals surface area contributed by atoms with E-state index in [-0.39, 0.29) is 6.61 Å². The fourth-order valence-electron chi connectivity index (χ4n) is 3.35. The van der Waals surface area contributed by atoms with Gasteiger partial charge in [-0.3, -0.25) is 0 Å². The Kier molecular flexibility index (Phi) is 5.53. The van der Waals surface area contributed by atoms with Gasteiger partial charge in [0.05, 0.1) is 10.2 Å². The molecule has 1 aromatic heterocycles. The summed E-state index contributed by atoms with van der Waals surface area (Å²) in [6.07, 6.45) is -0.630. The largest absolute Gasteiger partial charge is 0.464 e. The van der Waals surface area contributed by atoms with Crippen molar-refractivity contribution in [3.8, 4) is 0 Å². The highest BCUT2D eigenvalue weighted by Gasteiger charge is 2.41. The summed E-state index contributed by atoms with van der Waals surface area (Å²) < 4.78 is 13.7. The number of hydrogen-bond acceptors (Lipinski definition) is 6. The Bertz CT molecular complexity index is 1260. The number of esters is 1. The van der Waals surface area contributed by atoms with Crippen LogP contribution in [-0.2, 0) is 20.9 Å². The van der Waals surface area contributed by atoms with Crippen molar-refractivity contribution in [2.75, 3.05) is 0 Å². The van der Waals surface area contributed by atoms with E-state index in [1.165, 1.54) is 11.3 Å². The third kappa shape index (κ3) is 4.24. The first-order chi connectivity index (χ1) is 15.2. The lowest BCUT2D eigenvalue weighted by Gasteiger charge is -2.14. The van der Waals surface area contributed by atoms with Crippen LogP contribution < -0.4 is 0 Å². The Hall–Kier alpha value is -3.03. The summed E-state index contributed by atoms with van der Waals surface area (Å²) in [4.78, 5) is 22.3. The van der Waals surface area contributed by atoms with E-state index in [0.29, 0.717) is 10.9 Å². The molecule has 5 rings (SSSR count). The highest BCUT2D eigenvalue weighted by atomic mass is 79.9. The van der Waals surface area contributed by atoms with E-state index < -0.39 is 18.1 Å². The van der Waals surface area contributed by atoms with Gasteiger partial charge in [0.2, 0.25) is 5.90 Å². The third-order valence-corrected chi connectivity index (χ3v) is 6.47. The molecule has 0 radical (unpaired) electrons. The van der Waals surface area contributed by atoms with E-state index in [1.54, 1.807) is 0 Å². The van der Waals surface area contributed by atoms with Crippen molar-refractivity contribution < 1.29 is 14.3 Å². The molecule has 0 spiro atoms. The second-order valence-electron chi connectivity index (χ2n) is 7.04.